The summed E-state index contributed by atoms with van der Waals surface area (Å²) in [7, 11) is 0. The molecule has 102 valence electrons. The number of aromatic nitrogens is 2. The van der Waals surface area contributed by atoms with Crippen molar-refractivity contribution in [1.29, 1.82) is 5.26 Å². The van der Waals surface area contributed by atoms with Gasteiger partial charge < -0.3 is 15.2 Å². The fourth-order valence-corrected chi connectivity index (χ4v) is 2.11. The van der Waals surface area contributed by atoms with Crippen LogP contribution in [-0.4, -0.2) is 33.4 Å². The van der Waals surface area contributed by atoms with Gasteiger partial charge in [0.05, 0.1) is 12.6 Å². The van der Waals surface area contributed by atoms with Gasteiger partial charge in [0, 0.05) is 18.2 Å². The number of H-pyrrole nitrogens is 1. The fourth-order valence-electron chi connectivity index (χ4n) is 2.11. The van der Waals surface area contributed by atoms with Crippen molar-refractivity contribution in [2.75, 3.05) is 6.61 Å². The summed E-state index contributed by atoms with van der Waals surface area (Å²) in [6.45, 7) is 1.32. The summed E-state index contributed by atoms with van der Waals surface area (Å²) >= 11 is 0. The third kappa shape index (κ3) is 2.52. The van der Waals surface area contributed by atoms with Crippen LogP contribution < -0.4 is 16.6 Å². The van der Waals surface area contributed by atoms with Crippen LogP contribution in [0.2, 0.25) is 0 Å². The monoisotopic (exact) mass is 266 g/mol. The molecule has 0 saturated carbocycles. The zero-order chi connectivity index (χ0) is 14.0. The molecule has 1 fully saturated rings. The van der Waals surface area contributed by atoms with E-state index in [1.54, 1.807) is 13.1 Å². The minimum Gasteiger partial charge on any atom is -0.394 e. The van der Waals surface area contributed by atoms with Crippen molar-refractivity contribution in [1.82, 2.24) is 14.9 Å². The van der Waals surface area contributed by atoms with Crippen molar-refractivity contribution in [2.45, 2.75) is 31.7 Å². The molecule has 0 bridgehead atoms. The Bertz CT molecular complexity index is 614. The number of nitrogens with zero attached hydrogens (tertiary/aromatic N) is 2. The number of aliphatic hydroxyl groups excluding tert-OH is 1. The number of ether oxygens (including phenoxy) is 1. The second-order valence-electron chi connectivity index (χ2n) is 4.39. The van der Waals surface area contributed by atoms with Gasteiger partial charge in [-0.2, -0.15) is 5.26 Å². The molecule has 8 nitrogen and oxygen atoms in total. The van der Waals surface area contributed by atoms with Crippen molar-refractivity contribution >= 4 is 0 Å². The van der Waals surface area contributed by atoms with E-state index < -0.39 is 23.6 Å². The highest BCUT2D eigenvalue weighted by atomic mass is 16.5. The van der Waals surface area contributed by atoms with Gasteiger partial charge in [-0.25, -0.2) is 4.79 Å². The summed E-state index contributed by atoms with van der Waals surface area (Å²) in [6, 6.07) is -0.362. The Kier molecular flexibility index (Phi) is 3.69. The van der Waals surface area contributed by atoms with Crippen LogP contribution in [0.1, 0.15) is 18.2 Å². The Morgan fingerprint density at radius 3 is 3.05 bits per heavy atom. The number of aryl methyl sites for hydroxylation is 1. The maximum atomic E-state index is 11.7. The van der Waals surface area contributed by atoms with Crippen LogP contribution in [0.15, 0.2) is 15.8 Å². The van der Waals surface area contributed by atoms with Gasteiger partial charge in [0.1, 0.15) is 12.3 Å². The summed E-state index contributed by atoms with van der Waals surface area (Å²) < 4.78 is 6.78. The summed E-state index contributed by atoms with van der Waals surface area (Å²) in [5, 5.41) is 20.3. The molecule has 1 aliphatic rings. The van der Waals surface area contributed by atoms with E-state index in [1.165, 1.54) is 10.8 Å². The Balaban J connectivity index is 2.30. The summed E-state index contributed by atoms with van der Waals surface area (Å²) in [5.41, 5.74) is -0.625. The molecule has 8 heteroatoms. The Labute approximate surface area is 108 Å². The van der Waals surface area contributed by atoms with E-state index in [1.807, 2.05) is 0 Å². The van der Waals surface area contributed by atoms with Gasteiger partial charge in [-0.3, -0.25) is 14.3 Å². The molecule has 1 aromatic rings. The third-order valence-electron chi connectivity index (χ3n) is 3.12. The average Bonchev–Trinajstić information content (AvgIpc) is 2.77. The summed E-state index contributed by atoms with van der Waals surface area (Å²) in [4.78, 5) is 25.2. The van der Waals surface area contributed by atoms with Crippen molar-refractivity contribution in [3.05, 3.63) is 32.6 Å². The first-order valence-corrected chi connectivity index (χ1v) is 5.79. The summed E-state index contributed by atoms with van der Waals surface area (Å²) in [6.07, 6.45) is 2.37. The van der Waals surface area contributed by atoms with E-state index in [9.17, 15) is 14.7 Å². The van der Waals surface area contributed by atoms with Crippen molar-refractivity contribution in [3.8, 4) is 6.19 Å². The van der Waals surface area contributed by atoms with Gasteiger partial charge >= 0.3 is 5.69 Å². The molecule has 19 heavy (non-hydrogen) atoms. The second-order valence-corrected chi connectivity index (χ2v) is 4.39. The van der Waals surface area contributed by atoms with Crippen LogP contribution in [0.3, 0.4) is 0 Å². The van der Waals surface area contributed by atoms with Crippen LogP contribution in [0.25, 0.3) is 0 Å². The largest absolute Gasteiger partial charge is 0.394 e. The first kappa shape index (κ1) is 13.3. The standard InChI is InChI=1S/C11H14N4O4/c1-6-3-15(11(18)14-10(6)17)9-2-7(13-5-12)8(4-16)19-9/h3,7-9,13,16H,2,4H2,1H3,(H,14,17,18)/t7-,8+,9+/m0/s1. The van der Waals surface area contributed by atoms with Crippen LogP contribution in [0.5, 0.6) is 0 Å². The van der Waals surface area contributed by atoms with Crippen molar-refractivity contribution < 1.29 is 9.84 Å². The molecule has 1 saturated heterocycles. The normalized spacial score (nSPS) is 26.1. The minimum atomic E-state index is -0.619. The van der Waals surface area contributed by atoms with Gasteiger partial charge in [0.2, 0.25) is 0 Å². The van der Waals surface area contributed by atoms with Gasteiger partial charge in [-0.1, -0.05) is 0 Å². The molecule has 2 heterocycles. The quantitative estimate of drug-likeness (QED) is 0.455. The number of nitriles is 1. The molecular weight excluding hydrogens is 252 g/mol. The molecule has 3 atom stereocenters. The first-order chi connectivity index (χ1) is 9.06. The third-order valence-corrected chi connectivity index (χ3v) is 3.12. The Morgan fingerprint density at radius 1 is 1.68 bits per heavy atom. The van der Waals surface area contributed by atoms with Crippen molar-refractivity contribution in [2.24, 2.45) is 0 Å². The number of aliphatic hydroxyl groups is 1. The maximum absolute atomic E-state index is 11.7. The molecule has 1 aliphatic heterocycles. The maximum Gasteiger partial charge on any atom is 0.330 e. The predicted molar refractivity (Wildman–Crippen MR) is 64.2 cm³/mol. The highest BCUT2D eigenvalue weighted by Crippen LogP contribution is 2.27. The second kappa shape index (κ2) is 5.26. The molecule has 1 aromatic heterocycles. The van der Waals surface area contributed by atoms with Crippen LogP contribution in [0.4, 0.5) is 0 Å². The minimum absolute atomic E-state index is 0.257. The van der Waals surface area contributed by atoms with Gasteiger partial charge in [0.25, 0.3) is 5.56 Å². The molecule has 0 radical (unpaired) electrons. The van der Waals surface area contributed by atoms with E-state index in [2.05, 4.69) is 10.3 Å². The molecular formula is C11H14N4O4. The predicted octanol–water partition coefficient (Wildman–Crippen LogP) is -1.44. The molecule has 2 rings (SSSR count). The topological polar surface area (TPSA) is 120 Å². The Morgan fingerprint density at radius 2 is 2.42 bits per heavy atom. The van der Waals surface area contributed by atoms with Crippen LogP contribution >= 0.6 is 0 Å². The molecule has 3 N–H and O–H groups in total. The zero-order valence-electron chi connectivity index (χ0n) is 10.3. The lowest BCUT2D eigenvalue weighted by Gasteiger charge is -2.14. The average molecular weight is 266 g/mol. The fraction of sp³-hybridized carbons (Fsp3) is 0.545. The van der Waals surface area contributed by atoms with E-state index in [4.69, 9.17) is 10.00 Å². The number of hydrogen-bond acceptors (Lipinski definition) is 6. The zero-order valence-corrected chi connectivity index (χ0v) is 10.3. The summed E-state index contributed by atoms with van der Waals surface area (Å²) in [5.74, 6) is 0. The number of hydrogen-bond donors (Lipinski definition) is 3. The van der Waals surface area contributed by atoms with Crippen LogP contribution in [-0.2, 0) is 4.74 Å². The van der Waals surface area contributed by atoms with Crippen molar-refractivity contribution in [3.63, 3.8) is 0 Å². The number of nitrogens with one attached hydrogen (secondary N) is 2. The lowest BCUT2D eigenvalue weighted by Crippen LogP contribution is -2.35. The number of aromatic amines is 1. The molecule has 0 spiro atoms. The van der Waals surface area contributed by atoms with E-state index in [0.29, 0.717) is 12.0 Å². The van der Waals surface area contributed by atoms with Crippen LogP contribution in [0, 0.1) is 18.4 Å². The molecule has 0 aromatic carbocycles. The van der Waals surface area contributed by atoms with E-state index in [-0.39, 0.29) is 12.6 Å². The SMILES string of the molecule is Cc1cn([C@H]2C[C@H](NC#N)[C@@H](CO)O2)c(=O)[nH]c1=O. The Hall–Kier alpha value is -2.11. The first-order valence-electron chi connectivity index (χ1n) is 5.79. The van der Waals surface area contributed by atoms with Gasteiger partial charge in [0.15, 0.2) is 6.19 Å². The van der Waals surface area contributed by atoms with E-state index >= 15 is 0 Å². The number of rotatable bonds is 3. The lowest BCUT2D eigenvalue weighted by molar-refractivity contribution is -0.0283. The lowest BCUT2D eigenvalue weighted by atomic mass is 10.1. The molecule has 0 amide bonds. The highest BCUT2D eigenvalue weighted by Gasteiger charge is 2.36. The molecule has 0 unspecified atom stereocenters. The highest BCUT2D eigenvalue weighted by molar-refractivity contribution is 5.02. The smallest absolute Gasteiger partial charge is 0.330 e. The van der Waals surface area contributed by atoms with E-state index in [0.717, 1.165) is 0 Å². The van der Waals surface area contributed by atoms with Gasteiger partial charge in [-0.05, 0) is 6.92 Å². The van der Waals surface area contributed by atoms with Gasteiger partial charge in [-0.15, -0.1) is 0 Å². The molecule has 0 aliphatic carbocycles.